The average molecular weight is 196 g/mol. The van der Waals surface area contributed by atoms with Gasteiger partial charge in [-0.05, 0) is 6.07 Å². The maximum Gasteiger partial charge on any atom is 0.404 e. The smallest absolute Gasteiger partial charge is 0.404 e. The van der Waals surface area contributed by atoms with Gasteiger partial charge in [-0.1, -0.05) is 0 Å². The minimum atomic E-state index is -0.756. The predicted molar refractivity (Wildman–Crippen MR) is 49.3 cm³/mol. The summed E-state index contributed by atoms with van der Waals surface area (Å²) in [7, 11) is 0. The summed E-state index contributed by atoms with van der Waals surface area (Å²) >= 11 is 0. The number of hydrogen-bond donors (Lipinski definition) is 2. The molecule has 76 valence electrons. The molecule has 0 spiro atoms. The maximum absolute atomic E-state index is 10.2. The van der Waals surface area contributed by atoms with E-state index < -0.39 is 6.09 Å². The fraction of sp³-hybridized carbons (Fsp3) is 0.375. The first-order chi connectivity index (χ1) is 6.79. The molecule has 0 bridgehead atoms. The van der Waals surface area contributed by atoms with Crippen molar-refractivity contribution in [1.29, 1.82) is 0 Å². The Bertz CT molecular complexity index is 278. The number of nitrogens with two attached hydrogens (primary N) is 1. The number of aromatic nitrogens is 2. The minimum absolute atomic E-state index is 0.264. The highest BCUT2D eigenvalue weighted by Gasteiger charge is 1.94. The van der Waals surface area contributed by atoms with Crippen LogP contribution in [0.1, 0.15) is 5.69 Å². The molecule has 1 amide bonds. The molecule has 0 atom stereocenters. The summed E-state index contributed by atoms with van der Waals surface area (Å²) < 4.78 is 4.52. The molecule has 0 unspecified atom stereocenters. The zero-order valence-electron chi connectivity index (χ0n) is 7.64. The quantitative estimate of drug-likeness (QED) is 0.629. The van der Waals surface area contributed by atoms with Gasteiger partial charge in [0.1, 0.15) is 12.9 Å². The Morgan fingerprint density at radius 2 is 2.50 bits per heavy atom. The first-order valence-electron chi connectivity index (χ1n) is 4.17. The van der Waals surface area contributed by atoms with Crippen LogP contribution in [0.3, 0.4) is 0 Å². The van der Waals surface area contributed by atoms with E-state index in [9.17, 15) is 4.79 Å². The SMILES string of the molecule is NC(=O)OCCNCc1ccncn1. The second-order valence-corrected chi connectivity index (χ2v) is 2.54. The van der Waals surface area contributed by atoms with E-state index in [4.69, 9.17) is 5.73 Å². The molecule has 0 saturated heterocycles. The number of ether oxygens (including phenoxy) is 1. The van der Waals surface area contributed by atoms with Gasteiger partial charge in [-0.25, -0.2) is 14.8 Å². The van der Waals surface area contributed by atoms with Gasteiger partial charge in [-0.15, -0.1) is 0 Å². The van der Waals surface area contributed by atoms with Gasteiger partial charge < -0.3 is 15.8 Å². The molecule has 0 fully saturated rings. The third-order valence-corrected chi connectivity index (χ3v) is 1.47. The summed E-state index contributed by atoms with van der Waals surface area (Å²) in [6.07, 6.45) is 2.40. The molecule has 0 saturated carbocycles. The first-order valence-corrected chi connectivity index (χ1v) is 4.17. The summed E-state index contributed by atoms with van der Waals surface area (Å²) in [4.78, 5) is 18.0. The number of nitrogens with one attached hydrogen (secondary N) is 1. The highest BCUT2D eigenvalue weighted by atomic mass is 16.5. The molecule has 0 radical (unpaired) electrons. The van der Waals surface area contributed by atoms with Gasteiger partial charge in [0.05, 0.1) is 5.69 Å². The Kier molecular flexibility index (Phi) is 4.36. The Balaban J connectivity index is 2.08. The molecule has 1 heterocycles. The molecule has 0 aliphatic carbocycles. The molecule has 6 heteroatoms. The van der Waals surface area contributed by atoms with Crippen LogP contribution in [0.2, 0.25) is 0 Å². The minimum Gasteiger partial charge on any atom is -0.448 e. The molecule has 0 aromatic carbocycles. The normalized spacial score (nSPS) is 9.71. The average Bonchev–Trinajstić information content (AvgIpc) is 2.18. The fourth-order valence-corrected chi connectivity index (χ4v) is 0.863. The number of carbonyl (C=O) groups is 1. The number of nitrogens with zero attached hydrogens (tertiary/aromatic N) is 2. The van der Waals surface area contributed by atoms with Crippen molar-refractivity contribution in [2.24, 2.45) is 5.73 Å². The summed E-state index contributed by atoms with van der Waals surface area (Å²) in [5, 5.41) is 3.03. The van der Waals surface area contributed by atoms with Crippen molar-refractivity contribution in [3.8, 4) is 0 Å². The molecule has 1 aromatic heterocycles. The summed E-state index contributed by atoms with van der Waals surface area (Å²) in [6.45, 7) is 1.43. The molecule has 6 nitrogen and oxygen atoms in total. The molecule has 1 aromatic rings. The van der Waals surface area contributed by atoms with Crippen LogP contribution < -0.4 is 11.1 Å². The fourth-order valence-electron chi connectivity index (χ4n) is 0.863. The van der Waals surface area contributed by atoms with E-state index in [0.29, 0.717) is 13.1 Å². The van der Waals surface area contributed by atoms with Gasteiger partial charge in [0, 0.05) is 19.3 Å². The summed E-state index contributed by atoms with van der Waals surface area (Å²) in [5.74, 6) is 0. The molecule has 3 N–H and O–H groups in total. The zero-order valence-corrected chi connectivity index (χ0v) is 7.64. The van der Waals surface area contributed by atoms with Crippen molar-refractivity contribution in [1.82, 2.24) is 15.3 Å². The lowest BCUT2D eigenvalue weighted by Gasteiger charge is -2.03. The molecular formula is C8H12N4O2. The number of rotatable bonds is 5. The second kappa shape index (κ2) is 5.87. The van der Waals surface area contributed by atoms with Gasteiger partial charge in [0.25, 0.3) is 0 Å². The molecule has 0 aliphatic rings. The van der Waals surface area contributed by atoms with Crippen LogP contribution in [-0.2, 0) is 11.3 Å². The number of primary amides is 1. The van der Waals surface area contributed by atoms with Crippen LogP contribution in [0.5, 0.6) is 0 Å². The predicted octanol–water partition coefficient (Wildman–Crippen LogP) is -0.339. The Morgan fingerprint density at radius 1 is 1.64 bits per heavy atom. The van der Waals surface area contributed by atoms with Gasteiger partial charge in [0.2, 0.25) is 0 Å². The topological polar surface area (TPSA) is 90.1 Å². The van der Waals surface area contributed by atoms with Crippen LogP contribution in [0.25, 0.3) is 0 Å². The van der Waals surface area contributed by atoms with Crippen LogP contribution in [0.15, 0.2) is 18.6 Å². The Labute approximate surface area is 81.5 Å². The second-order valence-electron chi connectivity index (χ2n) is 2.54. The van der Waals surface area contributed by atoms with Crippen LogP contribution in [0, 0.1) is 0 Å². The van der Waals surface area contributed by atoms with E-state index in [-0.39, 0.29) is 6.61 Å². The lowest BCUT2D eigenvalue weighted by Crippen LogP contribution is -2.23. The third kappa shape index (κ3) is 4.36. The molecular weight excluding hydrogens is 184 g/mol. The summed E-state index contributed by atoms with van der Waals surface area (Å²) in [5.41, 5.74) is 5.66. The molecule has 14 heavy (non-hydrogen) atoms. The van der Waals surface area contributed by atoms with E-state index in [1.165, 1.54) is 6.33 Å². The highest BCUT2D eigenvalue weighted by molar-refractivity contribution is 5.64. The van der Waals surface area contributed by atoms with Crippen molar-refractivity contribution < 1.29 is 9.53 Å². The lowest BCUT2D eigenvalue weighted by atomic mass is 10.4. The van der Waals surface area contributed by atoms with E-state index in [1.54, 1.807) is 6.20 Å². The Hall–Kier alpha value is -1.69. The van der Waals surface area contributed by atoms with Gasteiger partial charge in [-0.3, -0.25) is 0 Å². The highest BCUT2D eigenvalue weighted by Crippen LogP contribution is 1.88. The third-order valence-electron chi connectivity index (χ3n) is 1.47. The van der Waals surface area contributed by atoms with Crippen LogP contribution in [-0.4, -0.2) is 29.2 Å². The molecule has 1 rings (SSSR count). The van der Waals surface area contributed by atoms with Crippen molar-refractivity contribution >= 4 is 6.09 Å². The van der Waals surface area contributed by atoms with Crippen molar-refractivity contribution in [3.63, 3.8) is 0 Å². The molecule has 0 aliphatic heterocycles. The zero-order chi connectivity index (χ0) is 10.2. The van der Waals surface area contributed by atoms with Crippen LogP contribution >= 0.6 is 0 Å². The van der Waals surface area contributed by atoms with Gasteiger partial charge >= 0.3 is 6.09 Å². The van der Waals surface area contributed by atoms with Gasteiger partial charge in [0.15, 0.2) is 0 Å². The summed E-state index contributed by atoms with van der Waals surface area (Å²) in [6, 6.07) is 1.81. The van der Waals surface area contributed by atoms with Crippen molar-refractivity contribution in [2.75, 3.05) is 13.2 Å². The largest absolute Gasteiger partial charge is 0.448 e. The number of hydrogen-bond acceptors (Lipinski definition) is 5. The number of amides is 1. The van der Waals surface area contributed by atoms with Gasteiger partial charge in [-0.2, -0.15) is 0 Å². The lowest BCUT2D eigenvalue weighted by molar-refractivity contribution is 0.157. The first kappa shape index (κ1) is 10.4. The van der Waals surface area contributed by atoms with Crippen molar-refractivity contribution in [2.45, 2.75) is 6.54 Å². The maximum atomic E-state index is 10.2. The van der Waals surface area contributed by atoms with Crippen molar-refractivity contribution in [3.05, 3.63) is 24.3 Å². The van der Waals surface area contributed by atoms with E-state index in [0.717, 1.165) is 5.69 Å². The standard InChI is InChI=1S/C8H12N4O2/c9-8(13)14-4-3-10-5-7-1-2-11-6-12-7/h1-2,6,10H,3-5H2,(H2,9,13). The Morgan fingerprint density at radius 3 is 3.14 bits per heavy atom. The van der Waals surface area contributed by atoms with E-state index >= 15 is 0 Å². The monoisotopic (exact) mass is 196 g/mol. The van der Waals surface area contributed by atoms with E-state index in [1.807, 2.05) is 6.07 Å². The van der Waals surface area contributed by atoms with Crippen LogP contribution in [0.4, 0.5) is 4.79 Å². The number of carbonyl (C=O) groups excluding carboxylic acids is 1. The van der Waals surface area contributed by atoms with E-state index in [2.05, 4.69) is 20.0 Å².